The van der Waals surface area contributed by atoms with Crippen LogP contribution >= 0.6 is 0 Å². The van der Waals surface area contributed by atoms with Crippen molar-refractivity contribution >= 4 is 9.84 Å². The molecular formula is C13H11O3S. The molecule has 0 fully saturated rings. The highest BCUT2D eigenvalue weighted by molar-refractivity contribution is 7.90. The van der Waals surface area contributed by atoms with E-state index >= 15 is 0 Å². The molecule has 3 nitrogen and oxygen atoms in total. The smallest absolute Gasteiger partial charge is 0.179 e. The van der Waals surface area contributed by atoms with Gasteiger partial charge in [0.1, 0.15) is 16.4 Å². The lowest BCUT2D eigenvalue weighted by molar-refractivity contribution is 0.467. The van der Waals surface area contributed by atoms with Crippen molar-refractivity contribution in [2.24, 2.45) is 0 Å². The number of sulfone groups is 1. The third-order valence-electron chi connectivity index (χ3n) is 2.15. The second kappa shape index (κ2) is 4.59. The maximum atomic E-state index is 11.6. The molecule has 87 valence electrons. The van der Waals surface area contributed by atoms with Crippen molar-refractivity contribution in [1.29, 1.82) is 0 Å². The summed E-state index contributed by atoms with van der Waals surface area (Å²) in [6.45, 7) is 0. The van der Waals surface area contributed by atoms with Crippen molar-refractivity contribution in [3.8, 4) is 11.5 Å². The molecular weight excluding hydrogens is 236 g/mol. The first-order valence-electron chi connectivity index (χ1n) is 5.01. The molecule has 0 aliphatic carbocycles. The summed E-state index contributed by atoms with van der Waals surface area (Å²) < 4.78 is 28.6. The van der Waals surface area contributed by atoms with Gasteiger partial charge in [0, 0.05) is 12.3 Å². The molecule has 0 aliphatic heterocycles. The first-order valence-corrected chi connectivity index (χ1v) is 6.90. The van der Waals surface area contributed by atoms with Crippen LogP contribution in [0.3, 0.4) is 0 Å². The van der Waals surface area contributed by atoms with E-state index in [9.17, 15) is 8.42 Å². The van der Waals surface area contributed by atoms with E-state index in [0.29, 0.717) is 11.5 Å². The normalized spacial score (nSPS) is 11.1. The SMILES string of the molecule is CS(=O)(=O)c1ccccc1Oc1[c]cccc1. The Bertz CT molecular complexity index is 604. The molecule has 0 heterocycles. The summed E-state index contributed by atoms with van der Waals surface area (Å²) in [7, 11) is -3.29. The van der Waals surface area contributed by atoms with Gasteiger partial charge in [-0.25, -0.2) is 8.42 Å². The van der Waals surface area contributed by atoms with E-state index in [2.05, 4.69) is 6.07 Å². The van der Waals surface area contributed by atoms with Crippen LogP contribution in [0.15, 0.2) is 53.4 Å². The number of hydrogen-bond donors (Lipinski definition) is 0. The zero-order valence-corrected chi connectivity index (χ0v) is 10.1. The van der Waals surface area contributed by atoms with Crippen molar-refractivity contribution in [3.63, 3.8) is 0 Å². The molecule has 0 aromatic heterocycles. The van der Waals surface area contributed by atoms with Gasteiger partial charge in [-0.1, -0.05) is 30.3 Å². The van der Waals surface area contributed by atoms with Crippen molar-refractivity contribution in [2.75, 3.05) is 6.26 Å². The molecule has 2 aromatic carbocycles. The minimum atomic E-state index is -3.29. The fourth-order valence-electron chi connectivity index (χ4n) is 1.40. The van der Waals surface area contributed by atoms with Gasteiger partial charge in [-0.15, -0.1) is 0 Å². The average Bonchev–Trinajstić information content (AvgIpc) is 2.30. The summed E-state index contributed by atoms with van der Waals surface area (Å²) >= 11 is 0. The highest BCUT2D eigenvalue weighted by Gasteiger charge is 2.13. The van der Waals surface area contributed by atoms with E-state index in [4.69, 9.17) is 4.74 Å². The van der Waals surface area contributed by atoms with Crippen LogP contribution in [0.5, 0.6) is 11.5 Å². The molecule has 17 heavy (non-hydrogen) atoms. The van der Waals surface area contributed by atoms with Crippen LogP contribution in [0, 0.1) is 6.07 Å². The molecule has 2 rings (SSSR count). The highest BCUT2D eigenvalue weighted by Crippen LogP contribution is 2.27. The van der Waals surface area contributed by atoms with Crippen LogP contribution in [-0.2, 0) is 9.84 Å². The topological polar surface area (TPSA) is 43.4 Å². The van der Waals surface area contributed by atoms with Crippen molar-refractivity contribution in [3.05, 3.63) is 54.6 Å². The molecule has 0 N–H and O–H groups in total. The van der Waals surface area contributed by atoms with Crippen LogP contribution in [0.1, 0.15) is 0 Å². The number of ether oxygens (including phenoxy) is 1. The second-order valence-corrected chi connectivity index (χ2v) is 5.53. The van der Waals surface area contributed by atoms with Gasteiger partial charge in [-0.2, -0.15) is 0 Å². The molecule has 4 heteroatoms. The molecule has 0 saturated heterocycles. The number of hydrogen-bond acceptors (Lipinski definition) is 3. The third-order valence-corrected chi connectivity index (χ3v) is 3.29. The number of benzene rings is 2. The fourth-order valence-corrected chi connectivity index (χ4v) is 2.20. The zero-order chi connectivity index (χ0) is 12.3. The highest BCUT2D eigenvalue weighted by atomic mass is 32.2. The van der Waals surface area contributed by atoms with Crippen LogP contribution in [0.4, 0.5) is 0 Å². The van der Waals surface area contributed by atoms with Gasteiger partial charge < -0.3 is 4.74 Å². The molecule has 0 amide bonds. The van der Waals surface area contributed by atoms with Gasteiger partial charge in [0.05, 0.1) is 0 Å². The summed E-state index contributed by atoms with van der Waals surface area (Å²) in [5.41, 5.74) is 0. The summed E-state index contributed by atoms with van der Waals surface area (Å²) in [5, 5.41) is 0. The molecule has 0 saturated carbocycles. The van der Waals surface area contributed by atoms with E-state index in [1.165, 1.54) is 6.07 Å². The predicted octanol–water partition coefficient (Wildman–Crippen LogP) is 2.68. The summed E-state index contributed by atoms with van der Waals surface area (Å²) in [5.74, 6) is 0.807. The molecule has 0 bridgehead atoms. The van der Waals surface area contributed by atoms with Gasteiger partial charge in [-0.3, -0.25) is 0 Å². The minimum absolute atomic E-state index is 0.178. The lowest BCUT2D eigenvalue weighted by atomic mass is 10.3. The van der Waals surface area contributed by atoms with Crippen LogP contribution in [-0.4, -0.2) is 14.7 Å². The summed E-state index contributed by atoms with van der Waals surface area (Å²) in [6.07, 6.45) is 1.16. The van der Waals surface area contributed by atoms with E-state index < -0.39 is 9.84 Å². The van der Waals surface area contributed by atoms with Crippen molar-refractivity contribution < 1.29 is 13.2 Å². The molecule has 0 aliphatic rings. The zero-order valence-electron chi connectivity index (χ0n) is 9.25. The second-order valence-electron chi connectivity index (χ2n) is 3.55. The molecule has 0 atom stereocenters. The molecule has 0 spiro atoms. The van der Waals surface area contributed by atoms with E-state index in [1.54, 1.807) is 36.4 Å². The Morgan fingerprint density at radius 1 is 1.06 bits per heavy atom. The Morgan fingerprint density at radius 3 is 2.41 bits per heavy atom. The predicted molar refractivity (Wildman–Crippen MR) is 64.9 cm³/mol. The standard InChI is InChI=1S/C13H11O3S/c1-17(14,15)13-10-6-5-9-12(13)16-11-7-3-2-4-8-11/h2-7,9-10H,1H3. The van der Waals surface area contributed by atoms with Gasteiger partial charge >= 0.3 is 0 Å². The van der Waals surface area contributed by atoms with Gasteiger partial charge in [-0.05, 0) is 18.2 Å². The lowest BCUT2D eigenvalue weighted by Crippen LogP contribution is -1.99. The monoisotopic (exact) mass is 247 g/mol. The van der Waals surface area contributed by atoms with Crippen LogP contribution in [0.2, 0.25) is 0 Å². The minimum Gasteiger partial charge on any atom is -0.455 e. The molecule has 1 radical (unpaired) electrons. The Balaban J connectivity index is 2.41. The van der Waals surface area contributed by atoms with Crippen LogP contribution in [0.25, 0.3) is 0 Å². The van der Waals surface area contributed by atoms with Crippen molar-refractivity contribution in [1.82, 2.24) is 0 Å². The Labute approximate surface area is 101 Å². The van der Waals surface area contributed by atoms with Gasteiger partial charge in [0.25, 0.3) is 0 Å². The first-order chi connectivity index (χ1) is 8.07. The molecule has 2 aromatic rings. The molecule has 0 unspecified atom stereocenters. The largest absolute Gasteiger partial charge is 0.455 e. The van der Waals surface area contributed by atoms with Crippen LogP contribution < -0.4 is 4.74 Å². The maximum absolute atomic E-state index is 11.6. The Kier molecular flexibility index (Phi) is 3.15. The summed E-state index contributed by atoms with van der Waals surface area (Å²) in [4.78, 5) is 0.178. The van der Waals surface area contributed by atoms with Gasteiger partial charge in [0.15, 0.2) is 9.84 Å². The van der Waals surface area contributed by atoms with E-state index in [0.717, 1.165) is 6.26 Å². The van der Waals surface area contributed by atoms with Gasteiger partial charge in [0.2, 0.25) is 0 Å². The van der Waals surface area contributed by atoms with E-state index in [1.807, 2.05) is 6.07 Å². The maximum Gasteiger partial charge on any atom is 0.179 e. The van der Waals surface area contributed by atoms with Crippen molar-refractivity contribution in [2.45, 2.75) is 4.90 Å². The first kappa shape index (κ1) is 11.7. The quantitative estimate of drug-likeness (QED) is 0.837. The number of para-hydroxylation sites is 2. The average molecular weight is 247 g/mol. The number of rotatable bonds is 3. The Morgan fingerprint density at radius 2 is 1.76 bits per heavy atom. The Hall–Kier alpha value is -1.81. The fraction of sp³-hybridized carbons (Fsp3) is 0.0769. The lowest BCUT2D eigenvalue weighted by Gasteiger charge is -2.09. The summed E-state index contributed by atoms with van der Waals surface area (Å²) in [6, 6.07) is 16.5. The van der Waals surface area contributed by atoms with E-state index in [-0.39, 0.29) is 4.90 Å². The third kappa shape index (κ3) is 2.85.